The van der Waals surface area contributed by atoms with Crippen LogP contribution in [-0.4, -0.2) is 58.6 Å². The lowest BCUT2D eigenvalue weighted by molar-refractivity contribution is -0.117. The molecule has 1 aliphatic rings. The van der Waals surface area contributed by atoms with Crippen LogP contribution in [-0.2, 0) is 11.3 Å². The number of aromatic nitrogens is 2. The highest BCUT2D eigenvalue weighted by molar-refractivity contribution is 7.15. The summed E-state index contributed by atoms with van der Waals surface area (Å²) in [5.41, 5.74) is 2.64. The first kappa shape index (κ1) is 17.0. The molecule has 128 valence electrons. The van der Waals surface area contributed by atoms with Gasteiger partial charge in [0.2, 0.25) is 11.0 Å². The number of anilines is 1. The Kier molecular flexibility index (Phi) is 5.55. The van der Waals surface area contributed by atoms with E-state index in [0.717, 1.165) is 37.7 Å². The van der Waals surface area contributed by atoms with Crippen molar-refractivity contribution in [2.24, 2.45) is 0 Å². The average Bonchev–Trinajstić information content (AvgIpc) is 2.96. The Morgan fingerprint density at radius 1 is 1.08 bits per heavy atom. The second-order valence-corrected chi connectivity index (χ2v) is 7.39. The molecule has 0 aliphatic carbocycles. The highest BCUT2D eigenvalue weighted by Gasteiger charge is 2.19. The quantitative estimate of drug-likeness (QED) is 0.897. The second-order valence-electron chi connectivity index (χ2n) is 6.21. The summed E-state index contributed by atoms with van der Waals surface area (Å²) >= 11 is 1.40. The Balaban J connectivity index is 1.41. The van der Waals surface area contributed by atoms with Gasteiger partial charge in [-0.2, -0.15) is 0 Å². The molecule has 6 nitrogen and oxygen atoms in total. The third-order valence-electron chi connectivity index (χ3n) is 4.13. The smallest absolute Gasteiger partial charge is 0.240 e. The largest absolute Gasteiger partial charge is 0.299 e. The molecule has 24 heavy (non-hydrogen) atoms. The van der Waals surface area contributed by atoms with Gasteiger partial charge < -0.3 is 0 Å². The van der Waals surface area contributed by atoms with E-state index in [1.54, 1.807) is 0 Å². The van der Waals surface area contributed by atoms with E-state index >= 15 is 0 Å². The van der Waals surface area contributed by atoms with E-state index in [-0.39, 0.29) is 5.91 Å². The molecule has 1 aliphatic heterocycles. The molecule has 1 aromatic carbocycles. The number of carbonyl (C=O) groups excluding carboxylic acids is 1. The summed E-state index contributed by atoms with van der Waals surface area (Å²) in [5, 5.41) is 12.1. The van der Waals surface area contributed by atoms with Crippen LogP contribution in [0.4, 0.5) is 5.13 Å². The van der Waals surface area contributed by atoms with E-state index in [1.807, 2.05) is 6.92 Å². The van der Waals surface area contributed by atoms with Gasteiger partial charge in [-0.25, -0.2) is 0 Å². The molecule has 0 saturated carbocycles. The second kappa shape index (κ2) is 7.83. The Labute approximate surface area is 146 Å². The summed E-state index contributed by atoms with van der Waals surface area (Å²) in [6.07, 6.45) is 0. The van der Waals surface area contributed by atoms with Gasteiger partial charge in [0, 0.05) is 32.7 Å². The molecule has 0 unspecified atom stereocenters. The molecular weight excluding hydrogens is 322 g/mol. The summed E-state index contributed by atoms with van der Waals surface area (Å²) in [5.74, 6) is -0.0156. The Morgan fingerprint density at radius 3 is 2.38 bits per heavy atom. The minimum absolute atomic E-state index is 0.0156. The van der Waals surface area contributed by atoms with Gasteiger partial charge in [-0.05, 0) is 19.4 Å². The van der Waals surface area contributed by atoms with E-state index in [0.29, 0.717) is 11.7 Å². The van der Waals surface area contributed by atoms with Crippen molar-refractivity contribution in [1.29, 1.82) is 0 Å². The summed E-state index contributed by atoms with van der Waals surface area (Å²) in [7, 11) is 0. The summed E-state index contributed by atoms with van der Waals surface area (Å²) in [4.78, 5) is 16.7. The lowest BCUT2D eigenvalue weighted by Gasteiger charge is -2.34. The van der Waals surface area contributed by atoms with E-state index in [9.17, 15) is 4.79 Å². The number of aryl methyl sites for hydroxylation is 2. The standard InChI is InChI=1S/C17H23N5OS/c1-13-3-5-15(6-4-13)11-21-7-9-22(10-8-21)12-16(23)18-17-20-19-14(2)24-17/h3-6H,7-12H2,1-2H3,(H,18,20,23). The van der Waals surface area contributed by atoms with Gasteiger partial charge in [-0.15, -0.1) is 10.2 Å². The van der Waals surface area contributed by atoms with Gasteiger partial charge >= 0.3 is 0 Å². The van der Waals surface area contributed by atoms with Gasteiger partial charge in [-0.3, -0.25) is 19.9 Å². The molecule has 0 atom stereocenters. The van der Waals surface area contributed by atoms with Gasteiger partial charge in [0.1, 0.15) is 5.01 Å². The zero-order chi connectivity index (χ0) is 16.9. The van der Waals surface area contributed by atoms with Crippen LogP contribution in [0.3, 0.4) is 0 Å². The SMILES string of the molecule is Cc1ccc(CN2CCN(CC(=O)Nc3nnc(C)s3)CC2)cc1. The maximum atomic E-state index is 12.1. The topological polar surface area (TPSA) is 61.4 Å². The number of hydrogen-bond acceptors (Lipinski definition) is 6. The zero-order valence-electron chi connectivity index (χ0n) is 14.2. The van der Waals surface area contributed by atoms with Crippen LogP contribution in [0, 0.1) is 13.8 Å². The van der Waals surface area contributed by atoms with Crippen LogP contribution in [0.15, 0.2) is 24.3 Å². The number of hydrogen-bond donors (Lipinski definition) is 1. The Morgan fingerprint density at radius 2 is 1.75 bits per heavy atom. The number of piperazine rings is 1. The highest BCUT2D eigenvalue weighted by Crippen LogP contribution is 2.14. The lowest BCUT2D eigenvalue weighted by atomic mass is 10.1. The minimum Gasteiger partial charge on any atom is -0.299 e. The van der Waals surface area contributed by atoms with Crippen molar-refractivity contribution in [3.63, 3.8) is 0 Å². The summed E-state index contributed by atoms with van der Waals surface area (Å²) in [6, 6.07) is 8.70. The fraction of sp³-hybridized carbons (Fsp3) is 0.471. The Hall–Kier alpha value is -1.83. The molecule has 1 fully saturated rings. The van der Waals surface area contributed by atoms with Crippen LogP contribution in [0.1, 0.15) is 16.1 Å². The molecule has 1 saturated heterocycles. The number of nitrogens with one attached hydrogen (secondary N) is 1. The molecule has 0 spiro atoms. The van der Waals surface area contributed by atoms with Crippen molar-refractivity contribution in [3.8, 4) is 0 Å². The third kappa shape index (κ3) is 4.83. The number of amides is 1. The molecule has 2 heterocycles. The molecule has 1 amide bonds. The first-order valence-corrected chi connectivity index (χ1v) is 9.00. The van der Waals surface area contributed by atoms with E-state index in [4.69, 9.17) is 0 Å². The maximum Gasteiger partial charge on any atom is 0.240 e. The van der Waals surface area contributed by atoms with Crippen molar-refractivity contribution in [2.75, 3.05) is 38.0 Å². The van der Waals surface area contributed by atoms with Gasteiger partial charge in [0.25, 0.3) is 0 Å². The van der Waals surface area contributed by atoms with Gasteiger partial charge in [0.15, 0.2) is 0 Å². The number of rotatable bonds is 5. The first-order valence-electron chi connectivity index (χ1n) is 8.19. The van der Waals surface area contributed by atoms with Crippen molar-refractivity contribution >= 4 is 22.4 Å². The van der Waals surface area contributed by atoms with Crippen molar-refractivity contribution < 1.29 is 4.79 Å². The number of nitrogens with zero attached hydrogens (tertiary/aromatic N) is 4. The van der Waals surface area contributed by atoms with Crippen molar-refractivity contribution in [3.05, 3.63) is 40.4 Å². The molecule has 3 rings (SSSR count). The predicted octanol–water partition coefficient (Wildman–Crippen LogP) is 1.91. The third-order valence-corrected chi connectivity index (χ3v) is 4.89. The zero-order valence-corrected chi connectivity index (χ0v) is 15.0. The molecular formula is C17H23N5OS. The predicted molar refractivity (Wildman–Crippen MR) is 96.2 cm³/mol. The molecule has 0 radical (unpaired) electrons. The number of carbonyl (C=O) groups is 1. The fourth-order valence-electron chi connectivity index (χ4n) is 2.77. The summed E-state index contributed by atoms with van der Waals surface area (Å²) < 4.78 is 0. The normalized spacial score (nSPS) is 16.2. The first-order chi connectivity index (χ1) is 11.6. The minimum atomic E-state index is -0.0156. The molecule has 7 heteroatoms. The van der Waals surface area contributed by atoms with E-state index < -0.39 is 0 Å². The van der Waals surface area contributed by atoms with Crippen LogP contribution in [0.5, 0.6) is 0 Å². The molecule has 1 N–H and O–H groups in total. The summed E-state index contributed by atoms with van der Waals surface area (Å²) in [6.45, 7) is 9.17. The van der Waals surface area contributed by atoms with Gasteiger partial charge in [-0.1, -0.05) is 41.2 Å². The molecule has 1 aromatic heterocycles. The molecule has 2 aromatic rings. The van der Waals surface area contributed by atoms with Crippen molar-refractivity contribution in [2.45, 2.75) is 20.4 Å². The lowest BCUT2D eigenvalue weighted by Crippen LogP contribution is -2.48. The number of benzene rings is 1. The molecule has 0 bridgehead atoms. The maximum absolute atomic E-state index is 12.1. The van der Waals surface area contributed by atoms with Crippen LogP contribution >= 0.6 is 11.3 Å². The van der Waals surface area contributed by atoms with E-state index in [2.05, 4.69) is 56.5 Å². The van der Waals surface area contributed by atoms with Crippen molar-refractivity contribution in [1.82, 2.24) is 20.0 Å². The van der Waals surface area contributed by atoms with Crippen LogP contribution in [0.25, 0.3) is 0 Å². The Bertz CT molecular complexity index is 677. The monoisotopic (exact) mass is 345 g/mol. The average molecular weight is 345 g/mol. The fourth-order valence-corrected chi connectivity index (χ4v) is 3.37. The van der Waals surface area contributed by atoms with E-state index in [1.165, 1.54) is 22.5 Å². The van der Waals surface area contributed by atoms with Gasteiger partial charge in [0.05, 0.1) is 6.54 Å². The highest BCUT2D eigenvalue weighted by atomic mass is 32.1. The van der Waals surface area contributed by atoms with Crippen LogP contribution < -0.4 is 5.32 Å². The van der Waals surface area contributed by atoms with Crippen LogP contribution in [0.2, 0.25) is 0 Å².